The first-order valence-electron chi connectivity index (χ1n) is 5.16. The van der Waals surface area contributed by atoms with E-state index in [0.717, 1.165) is 5.69 Å². The van der Waals surface area contributed by atoms with E-state index in [2.05, 4.69) is 49.3 Å². The van der Waals surface area contributed by atoms with E-state index in [1.165, 1.54) is 5.56 Å². The Bertz CT molecular complexity index is 441. The molecule has 2 rings (SSSR count). The van der Waals surface area contributed by atoms with Crippen LogP contribution in [0.25, 0.3) is 0 Å². The largest absolute Gasteiger partial charge is 0.276 e. The Morgan fingerprint density at radius 2 is 1.73 bits per heavy atom. The van der Waals surface area contributed by atoms with Crippen LogP contribution >= 0.6 is 0 Å². The Morgan fingerprint density at radius 1 is 1.07 bits per heavy atom. The Hall–Kier alpha value is -1.57. The maximum Gasteiger partial charge on any atom is 0.0724 e. The van der Waals surface area contributed by atoms with Crippen molar-refractivity contribution in [1.29, 1.82) is 0 Å². The molecule has 0 bridgehead atoms. The minimum atomic E-state index is -0.0253. The molecule has 0 saturated carbocycles. The third kappa shape index (κ3) is 1.80. The van der Waals surface area contributed by atoms with Gasteiger partial charge >= 0.3 is 0 Å². The Kier molecular flexibility index (Phi) is 2.35. The Morgan fingerprint density at radius 3 is 2.27 bits per heavy atom. The minimum Gasteiger partial charge on any atom is -0.276 e. The van der Waals surface area contributed by atoms with Crippen LogP contribution in [0.2, 0.25) is 0 Å². The van der Waals surface area contributed by atoms with Crippen LogP contribution in [0.5, 0.6) is 0 Å². The van der Waals surface area contributed by atoms with Crippen LogP contribution < -0.4 is 0 Å². The van der Waals surface area contributed by atoms with E-state index in [4.69, 9.17) is 0 Å². The highest BCUT2D eigenvalue weighted by molar-refractivity contribution is 5.32. The van der Waals surface area contributed by atoms with Crippen molar-refractivity contribution in [3.63, 3.8) is 0 Å². The molecule has 0 N–H and O–H groups in total. The summed E-state index contributed by atoms with van der Waals surface area (Å²) in [5.74, 6) is 0. The highest BCUT2D eigenvalue weighted by atomic mass is 15.2. The molecule has 2 aromatic rings. The zero-order valence-electron chi connectivity index (χ0n) is 9.44. The molecule has 0 aliphatic carbocycles. The molecule has 0 atom stereocenters. The van der Waals surface area contributed by atoms with Crippen LogP contribution in [0.15, 0.2) is 42.6 Å². The van der Waals surface area contributed by atoms with Crippen LogP contribution in [0.4, 0.5) is 0 Å². The first-order valence-corrected chi connectivity index (χ1v) is 5.16. The summed E-state index contributed by atoms with van der Waals surface area (Å²) in [5.41, 5.74) is 2.38. The molecule has 0 spiro atoms. The molecule has 0 saturated heterocycles. The van der Waals surface area contributed by atoms with E-state index in [9.17, 15) is 0 Å². The summed E-state index contributed by atoms with van der Waals surface area (Å²) in [6.45, 7) is 4.40. The minimum absolute atomic E-state index is 0.0253. The second-order valence-electron chi connectivity index (χ2n) is 4.37. The number of rotatable bonds is 2. The molecular weight excluding hydrogens is 184 g/mol. The average molecular weight is 200 g/mol. The van der Waals surface area contributed by atoms with Crippen LogP contribution in [0.3, 0.4) is 0 Å². The summed E-state index contributed by atoms with van der Waals surface area (Å²) in [6.07, 6.45) is 1.99. The van der Waals surface area contributed by atoms with Gasteiger partial charge in [0.25, 0.3) is 0 Å². The third-order valence-electron chi connectivity index (χ3n) is 2.85. The molecule has 15 heavy (non-hydrogen) atoms. The van der Waals surface area contributed by atoms with Crippen LogP contribution in [-0.4, -0.2) is 9.78 Å². The highest BCUT2D eigenvalue weighted by Crippen LogP contribution is 2.29. The van der Waals surface area contributed by atoms with Gasteiger partial charge in [-0.05, 0) is 11.6 Å². The topological polar surface area (TPSA) is 17.8 Å². The normalized spacial score (nSPS) is 11.7. The van der Waals surface area contributed by atoms with E-state index >= 15 is 0 Å². The number of hydrogen-bond donors (Lipinski definition) is 0. The van der Waals surface area contributed by atoms with Gasteiger partial charge in [-0.1, -0.05) is 44.2 Å². The number of benzene rings is 1. The van der Waals surface area contributed by atoms with Crippen molar-refractivity contribution in [2.45, 2.75) is 19.3 Å². The van der Waals surface area contributed by atoms with Gasteiger partial charge in [0.2, 0.25) is 0 Å². The average Bonchev–Trinajstić information content (AvgIpc) is 2.67. The Labute approximate surface area is 90.6 Å². The third-order valence-corrected chi connectivity index (χ3v) is 2.85. The second kappa shape index (κ2) is 3.54. The van der Waals surface area contributed by atoms with Crippen molar-refractivity contribution < 1.29 is 0 Å². The van der Waals surface area contributed by atoms with Crippen molar-refractivity contribution in [3.8, 4) is 0 Å². The number of aromatic nitrogens is 2. The van der Waals surface area contributed by atoms with E-state index < -0.39 is 0 Å². The molecule has 1 heterocycles. The summed E-state index contributed by atoms with van der Waals surface area (Å²) in [7, 11) is 1.95. The smallest absolute Gasteiger partial charge is 0.0724 e. The summed E-state index contributed by atoms with van der Waals surface area (Å²) in [4.78, 5) is 0. The lowest BCUT2D eigenvalue weighted by Gasteiger charge is -2.22. The molecule has 78 valence electrons. The second-order valence-corrected chi connectivity index (χ2v) is 4.37. The first kappa shape index (κ1) is 9.97. The highest BCUT2D eigenvalue weighted by Gasteiger charge is 2.24. The van der Waals surface area contributed by atoms with Gasteiger partial charge < -0.3 is 0 Å². The molecule has 0 fully saturated rings. The predicted molar refractivity (Wildman–Crippen MR) is 61.8 cm³/mol. The molecule has 1 aromatic heterocycles. The first-order chi connectivity index (χ1) is 7.10. The molecule has 1 aromatic carbocycles. The molecule has 0 aliphatic rings. The van der Waals surface area contributed by atoms with Gasteiger partial charge in [-0.2, -0.15) is 5.10 Å². The standard InChI is InChI=1S/C13H16N2/c1-13(2,11-7-5-4-6-8-11)12-9-10-15(3)14-12/h4-10H,1-3H3. The van der Waals surface area contributed by atoms with E-state index in [0.29, 0.717) is 0 Å². The fraction of sp³-hybridized carbons (Fsp3) is 0.308. The monoisotopic (exact) mass is 200 g/mol. The lowest BCUT2D eigenvalue weighted by atomic mass is 9.82. The predicted octanol–water partition coefficient (Wildman–Crippen LogP) is 2.75. The quantitative estimate of drug-likeness (QED) is 0.729. The summed E-state index contributed by atoms with van der Waals surface area (Å²) >= 11 is 0. The maximum atomic E-state index is 4.48. The molecule has 0 aliphatic heterocycles. The maximum absolute atomic E-state index is 4.48. The van der Waals surface area contributed by atoms with Gasteiger partial charge in [-0.3, -0.25) is 4.68 Å². The number of aryl methyl sites for hydroxylation is 1. The van der Waals surface area contributed by atoms with Gasteiger partial charge in [0.05, 0.1) is 5.69 Å². The zero-order chi connectivity index (χ0) is 10.9. The van der Waals surface area contributed by atoms with Gasteiger partial charge in [0, 0.05) is 18.7 Å². The molecule has 2 heteroatoms. The zero-order valence-corrected chi connectivity index (χ0v) is 9.44. The molecule has 0 unspecified atom stereocenters. The van der Waals surface area contributed by atoms with Crippen molar-refractivity contribution >= 4 is 0 Å². The number of hydrogen-bond acceptors (Lipinski definition) is 1. The Balaban J connectivity index is 2.43. The van der Waals surface area contributed by atoms with Gasteiger partial charge in [0.15, 0.2) is 0 Å². The van der Waals surface area contributed by atoms with Crippen LogP contribution in [0, 0.1) is 0 Å². The van der Waals surface area contributed by atoms with Gasteiger partial charge in [-0.15, -0.1) is 0 Å². The fourth-order valence-corrected chi connectivity index (χ4v) is 1.75. The van der Waals surface area contributed by atoms with Gasteiger partial charge in [-0.25, -0.2) is 0 Å². The van der Waals surface area contributed by atoms with E-state index in [1.54, 1.807) is 0 Å². The summed E-state index contributed by atoms with van der Waals surface area (Å²) in [5, 5.41) is 4.48. The summed E-state index contributed by atoms with van der Waals surface area (Å²) in [6, 6.07) is 12.6. The van der Waals surface area contributed by atoms with Crippen molar-refractivity contribution in [2.75, 3.05) is 0 Å². The van der Waals surface area contributed by atoms with E-state index in [1.807, 2.05) is 24.0 Å². The number of nitrogens with zero attached hydrogens (tertiary/aromatic N) is 2. The molecule has 0 radical (unpaired) electrons. The van der Waals surface area contributed by atoms with Crippen LogP contribution in [0.1, 0.15) is 25.1 Å². The lowest BCUT2D eigenvalue weighted by Crippen LogP contribution is -2.19. The van der Waals surface area contributed by atoms with Crippen molar-refractivity contribution in [2.24, 2.45) is 7.05 Å². The molecular formula is C13H16N2. The van der Waals surface area contributed by atoms with Crippen molar-refractivity contribution in [1.82, 2.24) is 9.78 Å². The van der Waals surface area contributed by atoms with Gasteiger partial charge in [0.1, 0.15) is 0 Å². The molecule has 0 amide bonds. The summed E-state index contributed by atoms with van der Waals surface area (Å²) < 4.78 is 1.85. The SMILES string of the molecule is Cn1ccc(C(C)(C)c2ccccc2)n1. The van der Waals surface area contributed by atoms with E-state index in [-0.39, 0.29) is 5.41 Å². The van der Waals surface area contributed by atoms with Crippen molar-refractivity contribution in [3.05, 3.63) is 53.9 Å². The lowest BCUT2D eigenvalue weighted by molar-refractivity contribution is 0.594. The van der Waals surface area contributed by atoms with Crippen LogP contribution in [-0.2, 0) is 12.5 Å². The molecule has 2 nitrogen and oxygen atoms in total. The fourth-order valence-electron chi connectivity index (χ4n) is 1.75.